The third-order valence-corrected chi connectivity index (χ3v) is 2.88. The molecule has 0 bridgehead atoms. The molecule has 16 heavy (non-hydrogen) atoms. The highest BCUT2D eigenvalue weighted by Gasteiger charge is 2.07. The molecule has 0 aliphatic carbocycles. The monoisotopic (exact) mass is 308 g/mol. The van der Waals surface area contributed by atoms with Crippen molar-refractivity contribution in [1.29, 1.82) is 0 Å². The summed E-state index contributed by atoms with van der Waals surface area (Å²) in [6.07, 6.45) is -0.549. The van der Waals surface area contributed by atoms with Gasteiger partial charge in [-0.1, -0.05) is 27.5 Å². The van der Waals surface area contributed by atoms with E-state index in [-0.39, 0.29) is 6.61 Å². The number of halogens is 2. The van der Waals surface area contributed by atoms with Crippen LogP contribution in [0.2, 0.25) is 5.02 Å². The largest absolute Gasteiger partial charge is 0.494 e. The molecule has 0 aliphatic heterocycles. The van der Waals surface area contributed by atoms with Crippen LogP contribution in [0.5, 0.6) is 11.5 Å². The fraction of sp³-hybridized carbons (Fsp3) is 0.455. The molecule has 0 saturated carbocycles. The average molecular weight is 310 g/mol. The Bertz CT molecular complexity index is 333. The number of aliphatic hydroxyl groups is 1. The third kappa shape index (κ3) is 4.20. The van der Waals surface area contributed by atoms with E-state index >= 15 is 0 Å². The maximum Gasteiger partial charge on any atom is 0.141 e. The number of hydrogen-bond acceptors (Lipinski definition) is 3. The molecule has 1 aromatic rings. The van der Waals surface area contributed by atoms with E-state index in [1.165, 1.54) is 0 Å². The van der Waals surface area contributed by atoms with Gasteiger partial charge in [-0.05, 0) is 19.1 Å². The van der Waals surface area contributed by atoms with E-state index in [1.807, 2.05) is 6.92 Å². The first-order chi connectivity index (χ1) is 7.67. The average Bonchev–Trinajstić information content (AvgIpc) is 2.29. The van der Waals surface area contributed by atoms with E-state index in [2.05, 4.69) is 15.9 Å². The fourth-order valence-corrected chi connectivity index (χ4v) is 1.44. The third-order valence-electron chi connectivity index (χ3n) is 1.82. The number of rotatable bonds is 6. The van der Waals surface area contributed by atoms with Gasteiger partial charge in [0, 0.05) is 11.4 Å². The highest BCUT2D eigenvalue weighted by molar-refractivity contribution is 9.09. The second-order valence-corrected chi connectivity index (χ2v) is 4.20. The molecular formula is C11H14BrClO3. The Balaban J connectivity index is 2.66. The van der Waals surface area contributed by atoms with Gasteiger partial charge in [-0.25, -0.2) is 0 Å². The van der Waals surface area contributed by atoms with Crippen molar-refractivity contribution in [3.63, 3.8) is 0 Å². The summed E-state index contributed by atoms with van der Waals surface area (Å²) in [6, 6.07) is 5.20. The molecule has 0 aromatic heterocycles. The zero-order valence-electron chi connectivity index (χ0n) is 8.95. The first kappa shape index (κ1) is 13.6. The van der Waals surface area contributed by atoms with E-state index in [9.17, 15) is 5.11 Å². The van der Waals surface area contributed by atoms with Gasteiger partial charge in [0.1, 0.15) is 18.1 Å². The quantitative estimate of drug-likeness (QED) is 0.821. The molecule has 90 valence electrons. The highest BCUT2D eigenvalue weighted by atomic mass is 79.9. The molecule has 0 heterocycles. The molecule has 0 radical (unpaired) electrons. The minimum atomic E-state index is -0.549. The van der Waals surface area contributed by atoms with Gasteiger partial charge in [0.25, 0.3) is 0 Å². The van der Waals surface area contributed by atoms with Gasteiger partial charge in [0.15, 0.2) is 0 Å². The SMILES string of the molecule is CCOc1ccc(Cl)c(OCC(O)CBr)c1. The van der Waals surface area contributed by atoms with E-state index < -0.39 is 6.10 Å². The second-order valence-electron chi connectivity index (χ2n) is 3.14. The van der Waals surface area contributed by atoms with Crippen LogP contribution in [0.3, 0.4) is 0 Å². The number of benzene rings is 1. The van der Waals surface area contributed by atoms with E-state index in [1.54, 1.807) is 18.2 Å². The maximum absolute atomic E-state index is 9.34. The van der Waals surface area contributed by atoms with Crippen LogP contribution in [0.4, 0.5) is 0 Å². The van der Waals surface area contributed by atoms with Crippen LogP contribution >= 0.6 is 27.5 Å². The predicted molar refractivity (Wildman–Crippen MR) is 67.9 cm³/mol. The van der Waals surface area contributed by atoms with Gasteiger partial charge in [-0.2, -0.15) is 0 Å². The summed E-state index contributed by atoms with van der Waals surface area (Å²) in [5.74, 6) is 1.22. The van der Waals surface area contributed by atoms with E-state index in [0.717, 1.165) is 0 Å². The lowest BCUT2D eigenvalue weighted by molar-refractivity contribution is 0.127. The molecule has 0 saturated heterocycles. The van der Waals surface area contributed by atoms with E-state index in [4.69, 9.17) is 21.1 Å². The molecule has 3 nitrogen and oxygen atoms in total. The summed E-state index contributed by atoms with van der Waals surface area (Å²) in [7, 11) is 0. The van der Waals surface area contributed by atoms with Gasteiger partial charge in [-0.15, -0.1) is 0 Å². The molecule has 1 rings (SSSR count). The lowest BCUT2D eigenvalue weighted by Gasteiger charge is -2.12. The molecule has 1 aromatic carbocycles. The second kappa shape index (κ2) is 6.99. The van der Waals surface area contributed by atoms with Gasteiger partial charge in [0.2, 0.25) is 0 Å². The standard InChI is InChI=1S/C11H14BrClO3/c1-2-15-9-3-4-10(13)11(5-9)16-7-8(14)6-12/h3-5,8,14H,2,6-7H2,1H3. The van der Waals surface area contributed by atoms with Crippen molar-refractivity contribution in [2.45, 2.75) is 13.0 Å². The van der Waals surface area contributed by atoms with Crippen LogP contribution < -0.4 is 9.47 Å². The minimum absolute atomic E-state index is 0.195. The maximum atomic E-state index is 9.34. The number of ether oxygens (including phenoxy) is 2. The first-order valence-corrected chi connectivity index (χ1v) is 6.46. The van der Waals surface area contributed by atoms with Gasteiger partial charge in [0.05, 0.1) is 17.7 Å². The summed E-state index contributed by atoms with van der Waals surface area (Å²) < 4.78 is 10.7. The van der Waals surface area contributed by atoms with Crippen molar-refractivity contribution in [2.24, 2.45) is 0 Å². The Hall–Kier alpha value is -0.450. The fourth-order valence-electron chi connectivity index (χ4n) is 1.08. The zero-order chi connectivity index (χ0) is 12.0. The van der Waals surface area contributed by atoms with Crippen molar-refractivity contribution < 1.29 is 14.6 Å². The molecule has 1 unspecified atom stereocenters. The highest BCUT2D eigenvalue weighted by Crippen LogP contribution is 2.29. The summed E-state index contributed by atoms with van der Waals surface area (Å²) >= 11 is 9.11. The van der Waals surface area contributed by atoms with Crippen molar-refractivity contribution in [2.75, 3.05) is 18.5 Å². The lowest BCUT2D eigenvalue weighted by Crippen LogP contribution is -2.18. The summed E-state index contributed by atoms with van der Waals surface area (Å²) in [5, 5.41) is 10.3. The Morgan fingerprint density at radius 3 is 2.81 bits per heavy atom. The van der Waals surface area contributed by atoms with Crippen molar-refractivity contribution in [3.8, 4) is 11.5 Å². The van der Waals surface area contributed by atoms with Crippen LogP contribution in [-0.2, 0) is 0 Å². The van der Waals surface area contributed by atoms with E-state index in [0.29, 0.717) is 28.5 Å². The van der Waals surface area contributed by atoms with Crippen LogP contribution in [0.1, 0.15) is 6.92 Å². The topological polar surface area (TPSA) is 38.7 Å². The van der Waals surface area contributed by atoms with Crippen LogP contribution in [0, 0.1) is 0 Å². The first-order valence-electron chi connectivity index (χ1n) is 4.96. The number of alkyl halides is 1. The lowest BCUT2D eigenvalue weighted by atomic mass is 10.3. The zero-order valence-corrected chi connectivity index (χ0v) is 11.3. The number of hydrogen-bond donors (Lipinski definition) is 1. The minimum Gasteiger partial charge on any atom is -0.494 e. The number of aliphatic hydroxyl groups excluding tert-OH is 1. The van der Waals surface area contributed by atoms with Crippen LogP contribution in [-0.4, -0.2) is 29.8 Å². The molecule has 0 fully saturated rings. The Morgan fingerprint density at radius 2 is 2.19 bits per heavy atom. The Morgan fingerprint density at radius 1 is 1.44 bits per heavy atom. The van der Waals surface area contributed by atoms with Gasteiger partial charge < -0.3 is 14.6 Å². The molecule has 0 spiro atoms. The normalized spacial score (nSPS) is 12.2. The summed E-state index contributed by atoms with van der Waals surface area (Å²) in [6.45, 7) is 2.69. The van der Waals surface area contributed by atoms with Gasteiger partial charge >= 0.3 is 0 Å². The molecular weight excluding hydrogens is 295 g/mol. The molecule has 5 heteroatoms. The van der Waals surface area contributed by atoms with Gasteiger partial charge in [-0.3, -0.25) is 0 Å². The van der Waals surface area contributed by atoms with Crippen LogP contribution in [0.15, 0.2) is 18.2 Å². The smallest absolute Gasteiger partial charge is 0.141 e. The molecule has 1 N–H and O–H groups in total. The van der Waals surface area contributed by atoms with Crippen molar-refractivity contribution in [1.82, 2.24) is 0 Å². The Kier molecular flexibility index (Phi) is 5.95. The molecule has 1 atom stereocenters. The molecule has 0 amide bonds. The van der Waals surface area contributed by atoms with Crippen molar-refractivity contribution in [3.05, 3.63) is 23.2 Å². The Labute approximate surface area is 108 Å². The van der Waals surface area contributed by atoms with Crippen molar-refractivity contribution >= 4 is 27.5 Å². The van der Waals surface area contributed by atoms with Crippen LogP contribution in [0.25, 0.3) is 0 Å². The predicted octanol–water partition coefficient (Wildman–Crippen LogP) is 2.87. The summed E-state index contributed by atoms with van der Waals surface area (Å²) in [4.78, 5) is 0. The summed E-state index contributed by atoms with van der Waals surface area (Å²) in [5.41, 5.74) is 0. The molecule has 0 aliphatic rings.